The number of benzene rings is 1. The Bertz CT molecular complexity index is 608. The Morgan fingerprint density at radius 3 is 2.80 bits per heavy atom. The average Bonchev–Trinajstić information content (AvgIpc) is 2.77. The molecule has 0 aliphatic carbocycles. The van der Waals surface area contributed by atoms with Crippen LogP contribution in [0.25, 0.3) is 0 Å². The molecule has 104 valence electrons. The normalized spacial score (nSPS) is 14.8. The van der Waals surface area contributed by atoms with E-state index < -0.39 is 0 Å². The van der Waals surface area contributed by atoms with E-state index in [2.05, 4.69) is 21.0 Å². The van der Waals surface area contributed by atoms with Gasteiger partial charge in [0.15, 0.2) is 0 Å². The molecule has 2 aromatic rings. The first-order chi connectivity index (χ1) is 9.74. The van der Waals surface area contributed by atoms with Gasteiger partial charge < -0.3 is 9.47 Å². The molecule has 1 saturated heterocycles. The topological polar surface area (TPSA) is 53.4 Å². The molecule has 1 aliphatic rings. The average molecular weight is 337 g/mol. The van der Waals surface area contributed by atoms with Crippen LogP contribution in [0.5, 0.6) is 0 Å². The molecule has 0 spiro atoms. The summed E-state index contributed by atoms with van der Waals surface area (Å²) in [5, 5.41) is 4.26. The van der Waals surface area contributed by atoms with Crippen LogP contribution in [-0.2, 0) is 16.1 Å². The van der Waals surface area contributed by atoms with Gasteiger partial charge >= 0.3 is 5.97 Å². The number of carbonyl (C=O) groups is 1. The van der Waals surface area contributed by atoms with Crippen LogP contribution in [0.15, 0.2) is 41.1 Å². The molecular weight excluding hydrogens is 324 g/mol. The van der Waals surface area contributed by atoms with Gasteiger partial charge in [-0.25, -0.2) is 4.79 Å². The van der Waals surface area contributed by atoms with Crippen molar-refractivity contribution in [2.75, 3.05) is 13.2 Å². The van der Waals surface area contributed by atoms with E-state index in [1.807, 2.05) is 30.3 Å². The summed E-state index contributed by atoms with van der Waals surface area (Å²) in [6, 6.07) is 9.78. The summed E-state index contributed by atoms with van der Waals surface area (Å²) in [5.74, 6) is -0.382. The highest BCUT2D eigenvalue weighted by Gasteiger charge is 2.24. The first-order valence-electron chi connectivity index (χ1n) is 6.27. The highest BCUT2D eigenvalue weighted by molar-refractivity contribution is 9.10. The van der Waals surface area contributed by atoms with Crippen LogP contribution in [0.2, 0.25) is 0 Å². The molecule has 2 heterocycles. The molecule has 6 heteroatoms. The van der Waals surface area contributed by atoms with Crippen molar-refractivity contribution in [3.63, 3.8) is 0 Å². The van der Waals surface area contributed by atoms with Crippen molar-refractivity contribution in [2.45, 2.75) is 12.6 Å². The number of ether oxygens (including phenoxy) is 2. The van der Waals surface area contributed by atoms with E-state index in [9.17, 15) is 4.79 Å². The van der Waals surface area contributed by atoms with E-state index in [4.69, 9.17) is 9.47 Å². The fraction of sp³-hybridized carbons (Fsp3) is 0.286. The maximum Gasteiger partial charge on any atom is 0.342 e. The van der Waals surface area contributed by atoms with Gasteiger partial charge in [-0.15, -0.1) is 0 Å². The second-order valence-electron chi connectivity index (χ2n) is 4.57. The van der Waals surface area contributed by atoms with Crippen molar-refractivity contribution in [1.82, 2.24) is 9.78 Å². The van der Waals surface area contributed by atoms with Gasteiger partial charge in [0.05, 0.1) is 19.3 Å². The van der Waals surface area contributed by atoms with Crippen LogP contribution in [0.1, 0.15) is 22.0 Å². The number of nitrogens with zero attached hydrogens (tertiary/aromatic N) is 2. The third-order valence-electron chi connectivity index (χ3n) is 3.11. The maximum atomic E-state index is 12.0. The van der Waals surface area contributed by atoms with Gasteiger partial charge in [0, 0.05) is 6.20 Å². The summed E-state index contributed by atoms with van der Waals surface area (Å²) in [6.45, 7) is 1.52. The first kappa shape index (κ1) is 13.3. The van der Waals surface area contributed by atoms with Gasteiger partial charge in [0.2, 0.25) is 0 Å². The van der Waals surface area contributed by atoms with Crippen LogP contribution < -0.4 is 0 Å². The highest BCUT2D eigenvalue weighted by Crippen LogP contribution is 2.22. The third-order valence-corrected chi connectivity index (χ3v) is 3.70. The number of aromatic nitrogens is 2. The van der Waals surface area contributed by atoms with Crippen molar-refractivity contribution in [3.8, 4) is 0 Å². The Morgan fingerprint density at radius 2 is 2.15 bits per heavy atom. The molecule has 0 radical (unpaired) electrons. The minimum absolute atomic E-state index is 0.210. The Kier molecular flexibility index (Phi) is 3.84. The Hall–Kier alpha value is -1.66. The van der Waals surface area contributed by atoms with Crippen LogP contribution in [0.3, 0.4) is 0 Å². The maximum absolute atomic E-state index is 12.0. The second kappa shape index (κ2) is 5.76. The van der Waals surface area contributed by atoms with Gasteiger partial charge in [-0.05, 0) is 21.5 Å². The first-order valence-corrected chi connectivity index (χ1v) is 7.07. The quantitative estimate of drug-likeness (QED) is 0.805. The van der Waals surface area contributed by atoms with Gasteiger partial charge in [0.25, 0.3) is 0 Å². The van der Waals surface area contributed by atoms with Gasteiger partial charge in [-0.2, -0.15) is 5.10 Å². The third kappa shape index (κ3) is 2.76. The van der Waals surface area contributed by atoms with Crippen molar-refractivity contribution in [1.29, 1.82) is 0 Å². The van der Waals surface area contributed by atoms with Crippen LogP contribution in [0.4, 0.5) is 0 Å². The molecule has 0 N–H and O–H groups in total. The Morgan fingerprint density at radius 1 is 1.40 bits per heavy atom. The number of esters is 1. The van der Waals surface area contributed by atoms with Crippen LogP contribution in [0, 0.1) is 0 Å². The van der Waals surface area contributed by atoms with E-state index in [1.54, 1.807) is 10.9 Å². The summed E-state index contributed by atoms with van der Waals surface area (Å²) < 4.78 is 12.6. The zero-order valence-electron chi connectivity index (χ0n) is 10.7. The fourth-order valence-electron chi connectivity index (χ4n) is 1.87. The lowest BCUT2D eigenvalue weighted by atomic mass is 10.2. The molecule has 0 saturated carbocycles. The van der Waals surface area contributed by atoms with Gasteiger partial charge in [-0.1, -0.05) is 30.3 Å². The molecule has 0 bridgehead atoms. The second-order valence-corrected chi connectivity index (χ2v) is 5.32. The summed E-state index contributed by atoms with van der Waals surface area (Å²) in [7, 11) is 0. The van der Waals surface area contributed by atoms with Crippen molar-refractivity contribution >= 4 is 21.9 Å². The monoisotopic (exact) mass is 336 g/mol. The van der Waals surface area contributed by atoms with Crippen molar-refractivity contribution in [3.05, 3.63) is 52.3 Å². The predicted molar refractivity (Wildman–Crippen MR) is 75.3 cm³/mol. The minimum atomic E-state index is -0.382. The summed E-state index contributed by atoms with van der Waals surface area (Å²) in [5.41, 5.74) is 1.39. The largest absolute Gasteiger partial charge is 0.457 e. The molecule has 0 atom stereocenters. The summed E-state index contributed by atoms with van der Waals surface area (Å²) in [6.07, 6.45) is 1.70. The lowest BCUT2D eigenvalue weighted by Gasteiger charge is -2.25. The molecule has 0 amide bonds. The zero-order chi connectivity index (χ0) is 13.9. The minimum Gasteiger partial charge on any atom is -0.457 e. The zero-order valence-corrected chi connectivity index (χ0v) is 12.2. The van der Waals surface area contributed by atoms with Crippen molar-refractivity contribution < 1.29 is 14.3 Å². The van der Waals surface area contributed by atoms with Crippen LogP contribution in [-0.4, -0.2) is 29.0 Å². The molecule has 5 nitrogen and oxygen atoms in total. The lowest BCUT2D eigenvalue weighted by molar-refractivity contribution is -0.0288. The molecule has 1 aromatic carbocycles. The SMILES string of the molecule is O=C(OCc1ccccc1)c1cn(C2COC2)nc1Br. The van der Waals surface area contributed by atoms with E-state index in [0.29, 0.717) is 23.4 Å². The fourth-order valence-corrected chi connectivity index (χ4v) is 2.32. The molecule has 1 aliphatic heterocycles. The predicted octanol–water partition coefficient (Wildman–Crippen LogP) is 2.57. The van der Waals surface area contributed by atoms with Crippen molar-refractivity contribution in [2.24, 2.45) is 0 Å². The highest BCUT2D eigenvalue weighted by atomic mass is 79.9. The van der Waals surface area contributed by atoms with E-state index in [-0.39, 0.29) is 18.6 Å². The standard InChI is InChI=1S/C14H13BrN2O3/c15-13-12(6-17(16-13)11-8-19-9-11)14(18)20-7-10-4-2-1-3-5-10/h1-6,11H,7-9H2. The van der Waals surface area contributed by atoms with Gasteiger partial charge in [-0.3, -0.25) is 4.68 Å². The van der Waals surface area contributed by atoms with Gasteiger partial charge in [0.1, 0.15) is 16.8 Å². The molecule has 0 unspecified atom stereocenters. The number of hydrogen-bond acceptors (Lipinski definition) is 4. The molecular formula is C14H13BrN2O3. The summed E-state index contributed by atoms with van der Waals surface area (Å²) >= 11 is 3.29. The Labute approximate surface area is 124 Å². The lowest BCUT2D eigenvalue weighted by Crippen LogP contribution is -2.30. The Balaban J connectivity index is 1.66. The van der Waals surface area contributed by atoms with E-state index in [1.165, 1.54) is 0 Å². The number of hydrogen-bond donors (Lipinski definition) is 0. The smallest absolute Gasteiger partial charge is 0.342 e. The molecule has 20 heavy (non-hydrogen) atoms. The molecule has 1 fully saturated rings. The molecule has 3 rings (SSSR count). The van der Waals surface area contributed by atoms with E-state index in [0.717, 1.165) is 5.56 Å². The number of carbonyl (C=O) groups excluding carboxylic acids is 1. The summed E-state index contributed by atoms with van der Waals surface area (Å²) in [4.78, 5) is 12.0. The van der Waals surface area contributed by atoms with Crippen LogP contribution >= 0.6 is 15.9 Å². The molecule has 1 aromatic heterocycles. The van der Waals surface area contributed by atoms with E-state index >= 15 is 0 Å². The number of halogens is 1. The number of rotatable bonds is 4.